The highest BCUT2D eigenvalue weighted by molar-refractivity contribution is 5.69. The second-order valence-corrected chi connectivity index (χ2v) is 5.72. The maximum absolute atomic E-state index is 11.3. The van der Waals surface area contributed by atoms with Crippen LogP contribution in [0, 0.1) is 0 Å². The minimum Gasteiger partial charge on any atom is -0.530 e. The number of ether oxygens (including phenoxy) is 1. The van der Waals surface area contributed by atoms with Crippen molar-refractivity contribution >= 4 is 12.1 Å². The van der Waals surface area contributed by atoms with E-state index in [0.29, 0.717) is 32.4 Å². The molecule has 2 unspecified atom stereocenters. The van der Waals surface area contributed by atoms with Gasteiger partial charge in [0.05, 0.1) is 12.7 Å². The predicted molar refractivity (Wildman–Crippen MR) is 81.7 cm³/mol. The van der Waals surface area contributed by atoms with Gasteiger partial charge in [-0.3, -0.25) is 4.79 Å². The van der Waals surface area contributed by atoms with Crippen LogP contribution in [0.5, 0.6) is 0 Å². The van der Waals surface area contributed by atoms with Gasteiger partial charge >= 0.3 is 5.97 Å². The molecule has 1 saturated heterocycles. The van der Waals surface area contributed by atoms with Crippen LogP contribution in [0.3, 0.4) is 0 Å². The third-order valence-electron chi connectivity index (χ3n) is 4.17. The van der Waals surface area contributed by atoms with Crippen LogP contribution in [0.4, 0.5) is 4.79 Å². The van der Waals surface area contributed by atoms with Crippen LogP contribution < -0.4 is 5.11 Å². The van der Waals surface area contributed by atoms with Gasteiger partial charge in [-0.25, -0.2) is 0 Å². The molecule has 6 nitrogen and oxygen atoms in total. The van der Waals surface area contributed by atoms with Gasteiger partial charge in [-0.15, -0.1) is 0 Å². The SMILES string of the molecule is CCOC(=O)CCc1ccc(C2CCN(C(=O)[O-])CC2O)cc1. The predicted octanol–water partition coefficient (Wildman–Crippen LogP) is 0.676. The van der Waals surface area contributed by atoms with E-state index in [2.05, 4.69) is 0 Å². The molecule has 1 N–H and O–H groups in total. The van der Waals surface area contributed by atoms with Crippen molar-refractivity contribution in [1.29, 1.82) is 0 Å². The second kappa shape index (κ2) is 7.97. The van der Waals surface area contributed by atoms with Gasteiger partial charge in [0, 0.05) is 25.4 Å². The number of likely N-dealkylation sites (tertiary alicyclic amines) is 1. The van der Waals surface area contributed by atoms with Crippen molar-refractivity contribution in [1.82, 2.24) is 4.90 Å². The molecule has 1 aliphatic heterocycles. The summed E-state index contributed by atoms with van der Waals surface area (Å²) in [7, 11) is 0. The highest BCUT2D eigenvalue weighted by Gasteiger charge is 2.28. The standard InChI is InChI=1S/C17H23NO5/c1-2-23-16(20)8-5-12-3-6-13(7-4-12)14-9-10-18(17(21)22)11-15(14)19/h3-4,6-7,14-15,19H,2,5,8-11H2,1H3,(H,21,22)/p-1. The molecule has 1 fully saturated rings. The molecule has 1 aromatic rings. The van der Waals surface area contributed by atoms with Crippen molar-refractivity contribution in [3.63, 3.8) is 0 Å². The number of hydrogen-bond acceptors (Lipinski definition) is 5. The van der Waals surface area contributed by atoms with Gasteiger partial charge in [0.25, 0.3) is 0 Å². The van der Waals surface area contributed by atoms with E-state index in [9.17, 15) is 19.8 Å². The highest BCUT2D eigenvalue weighted by atomic mass is 16.5. The van der Waals surface area contributed by atoms with Crippen LogP contribution in [0.1, 0.15) is 36.8 Å². The summed E-state index contributed by atoms with van der Waals surface area (Å²) >= 11 is 0. The molecule has 2 atom stereocenters. The summed E-state index contributed by atoms with van der Waals surface area (Å²) in [6, 6.07) is 7.74. The van der Waals surface area contributed by atoms with Crippen LogP contribution in [-0.2, 0) is 16.0 Å². The van der Waals surface area contributed by atoms with E-state index in [1.165, 1.54) is 0 Å². The number of carboxylic acid groups (broad SMARTS) is 1. The number of nitrogens with zero attached hydrogens (tertiary/aromatic N) is 1. The quantitative estimate of drug-likeness (QED) is 0.806. The lowest BCUT2D eigenvalue weighted by molar-refractivity contribution is -0.268. The summed E-state index contributed by atoms with van der Waals surface area (Å²) in [6.45, 7) is 2.62. The number of carbonyl (C=O) groups is 2. The smallest absolute Gasteiger partial charge is 0.306 e. The van der Waals surface area contributed by atoms with E-state index < -0.39 is 12.2 Å². The maximum atomic E-state index is 11.3. The van der Waals surface area contributed by atoms with Crippen molar-refractivity contribution in [2.24, 2.45) is 0 Å². The summed E-state index contributed by atoms with van der Waals surface area (Å²) in [5, 5.41) is 21.0. The monoisotopic (exact) mass is 320 g/mol. The number of carbonyl (C=O) groups excluding carboxylic acids is 2. The average molecular weight is 320 g/mol. The summed E-state index contributed by atoms with van der Waals surface area (Å²) < 4.78 is 4.90. The van der Waals surface area contributed by atoms with Gasteiger partial charge in [0.15, 0.2) is 0 Å². The Morgan fingerprint density at radius 2 is 2.04 bits per heavy atom. The second-order valence-electron chi connectivity index (χ2n) is 5.72. The van der Waals surface area contributed by atoms with Crippen LogP contribution in [-0.4, -0.2) is 47.9 Å². The Bertz CT molecular complexity index is 542. The van der Waals surface area contributed by atoms with Crippen molar-refractivity contribution < 1.29 is 24.5 Å². The Morgan fingerprint density at radius 1 is 1.35 bits per heavy atom. The molecular formula is C17H22NO5-. The van der Waals surface area contributed by atoms with Gasteiger partial charge in [-0.05, 0) is 30.9 Å². The molecular weight excluding hydrogens is 298 g/mol. The van der Waals surface area contributed by atoms with Crippen LogP contribution in [0.25, 0.3) is 0 Å². The molecule has 0 spiro atoms. The van der Waals surface area contributed by atoms with E-state index >= 15 is 0 Å². The number of benzene rings is 1. The highest BCUT2D eigenvalue weighted by Crippen LogP contribution is 2.28. The molecule has 0 aliphatic carbocycles. The minimum absolute atomic E-state index is 0.0790. The number of hydrogen-bond donors (Lipinski definition) is 1. The first-order chi connectivity index (χ1) is 11.0. The van der Waals surface area contributed by atoms with E-state index in [-0.39, 0.29) is 18.4 Å². The van der Waals surface area contributed by atoms with Gasteiger partial charge in [0.2, 0.25) is 0 Å². The Kier molecular flexibility index (Phi) is 5.98. The molecule has 0 aromatic heterocycles. The summed E-state index contributed by atoms with van der Waals surface area (Å²) in [5.74, 6) is -0.286. The van der Waals surface area contributed by atoms with Crippen molar-refractivity contribution in [2.45, 2.75) is 38.2 Å². The van der Waals surface area contributed by atoms with Gasteiger partial charge in [0.1, 0.15) is 6.09 Å². The number of β-amino-alcohol motifs (C(OH)–C–C–N with tert-alkyl or cyclic N) is 1. The van der Waals surface area contributed by atoms with E-state index in [1.807, 2.05) is 24.3 Å². The molecule has 1 heterocycles. The number of rotatable bonds is 5. The van der Waals surface area contributed by atoms with Crippen molar-refractivity contribution in [2.75, 3.05) is 19.7 Å². The number of piperidine rings is 1. The number of aliphatic hydroxyl groups excluding tert-OH is 1. The first kappa shape index (κ1) is 17.3. The summed E-state index contributed by atoms with van der Waals surface area (Å²) in [4.78, 5) is 23.3. The van der Waals surface area contributed by atoms with Crippen LogP contribution >= 0.6 is 0 Å². The lowest BCUT2D eigenvalue weighted by Crippen LogP contribution is -2.50. The molecule has 2 rings (SSSR count). The first-order valence-corrected chi connectivity index (χ1v) is 7.89. The lowest BCUT2D eigenvalue weighted by Gasteiger charge is -2.37. The van der Waals surface area contributed by atoms with Crippen LogP contribution in [0.15, 0.2) is 24.3 Å². The molecule has 6 heteroatoms. The normalized spacial score (nSPS) is 21.0. The molecule has 1 aliphatic rings. The topological polar surface area (TPSA) is 89.9 Å². The Labute approximate surface area is 135 Å². The summed E-state index contributed by atoms with van der Waals surface area (Å²) in [6.07, 6.45) is -0.439. The van der Waals surface area contributed by atoms with E-state index in [0.717, 1.165) is 16.0 Å². The van der Waals surface area contributed by atoms with E-state index in [4.69, 9.17) is 4.74 Å². The number of aliphatic hydroxyl groups is 1. The Hall–Kier alpha value is -2.08. The fourth-order valence-corrected chi connectivity index (χ4v) is 2.90. The lowest BCUT2D eigenvalue weighted by atomic mass is 9.86. The third-order valence-corrected chi connectivity index (χ3v) is 4.17. The zero-order valence-corrected chi connectivity index (χ0v) is 13.2. The molecule has 126 valence electrons. The minimum atomic E-state index is -1.24. The largest absolute Gasteiger partial charge is 0.530 e. The van der Waals surface area contributed by atoms with E-state index in [1.54, 1.807) is 6.92 Å². The Balaban J connectivity index is 1.92. The van der Waals surface area contributed by atoms with Crippen molar-refractivity contribution in [3.05, 3.63) is 35.4 Å². The van der Waals surface area contributed by atoms with Gasteiger partial charge in [-0.2, -0.15) is 0 Å². The first-order valence-electron chi connectivity index (χ1n) is 7.89. The molecule has 23 heavy (non-hydrogen) atoms. The molecule has 0 bridgehead atoms. The summed E-state index contributed by atoms with van der Waals surface area (Å²) in [5.41, 5.74) is 2.01. The molecule has 0 radical (unpaired) electrons. The zero-order chi connectivity index (χ0) is 16.8. The van der Waals surface area contributed by atoms with Gasteiger partial charge in [-0.1, -0.05) is 24.3 Å². The molecule has 1 aromatic carbocycles. The van der Waals surface area contributed by atoms with Crippen molar-refractivity contribution in [3.8, 4) is 0 Å². The van der Waals surface area contributed by atoms with Gasteiger partial charge < -0.3 is 24.6 Å². The molecule has 0 saturated carbocycles. The Morgan fingerprint density at radius 3 is 2.61 bits per heavy atom. The maximum Gasteiger partial charge on any atom is 0.306 e. The zero-order valence-electron chi connectivity index (χ0n) is 13.2. The fraction of sp³-hybridized carbons (Fsp3) is 0.529. The molecule has 1 amide bonds. The number of amides is 1. The average Bonchev–Trinajstić information content (AvgIpc) is 2.53. The fourth-order valence-electron chi connectivity index (χ4n) is 2.90. The number of aryl methyl sites for hydroxylation is 1. The van der Waals surface area contributed by atoms with Crippen LogP contribution in [0.2, 0.25) is 0 Å². The third kappa shape index (κ3) is 4.69. The number of esters is 1.